The van der Waals surface area contributed by atoms with Crippen molar-refractivity contribution in [2.45, 2.75) is 59.3 Å². The molecular weight excluding hydrogens is 452 g/mol. The average molecular weight is 487 g/mol. The molecule has 0 aliphatic heterocycles. The Bertz CT molecular complexity index is 1710. The summed E-state index contributed by atoms with van der Waals surface area (Å²) in [6.45, 7) is 11.8. The highest BCUT2D eigenvalue weighted by Crippen LogP contribution is 2.64. The fourth-order valence-electron chi connectivity index (χ4n) is 8.43. The molecule has 0 amide bonds. The molecule has 5 aromatic rings. The molecule has 0 saturated heterocycles. The van der Waals surface area contributed by atoms with Crippen LogP contribution in [0.2, 0.25) is 0 Å². The van der Waals surface area contributed by atoms with E-state index in [0.717, 1.165) is 51.3 Å². The molecule has 2 heteroatoms. The van der Waals surface area contributed by atoms with Crippen molar-refractivity contribution in [3.05, 3.63) is 89.7 Å². The van der Waals surface area contributed by atoms with Gasteiger partial charge < -0.3 is 9.52 Å². The normalized spacial score (nSPS) is 18.8. The first-order chi connectivity index (χ1) is 17.6. The van der Waals surface area contributed by atoms with Gasteiger partial charge >= 0.3 is 0 Å². The standard InChI is InChI=1S/C35H34O2/c1-21-14-27-26(15-25(21)32-23-11-7-6-10-22(23)17-37-32)30(36)16-29-31(27)24-12-8-9-13-28(24)35(29)19-33(2,3)18-34(4,5)20-35/h6-17,36H,18-20H2,1-5H3. The number of fused-ring (bicyclic) bond motifs is 8. The maximum Gasteiger partial charge on any atom is 0.141 e. The molecule has 186 valence electrons. The van der Waals surface area contributed by atoms with Crippen LogP contribution < -0.4 is 0 Å². The number of aromatic hydroxyl groups is 1. The quantitative estimate of drug-likeness (QED) is 0.256. The zero-order chi connectivity index (χ0) is 25.7. The zero-order valence-electron chi connectivity index (χ0n) is 22.4. The minimum Gasteiger partial charge on any atom is -0.507 e. The van der Waals surface area contributed by atoms with Crippen LogP contribution in [0.5, 0.6) is 5.75 Å². The van der Waals surface area contributed by atoms with Crippen molar-refractivity contribution in [2.24, 2.45) is 10.8 Å². The van der Waals surface area contributed by atoms with Gasteiger partial charge in [0.2, 0.25) is 0 Å². The van der Waals surface area contributed by atoms with Crippen LogP contribution in [-0.4, -0.2) is 5.11 Å². The molecule has 1 aromatic heterocycles. The Morgan fingerprint density at radius 3 is 2.19 bits per heavy atom. The number of phenolic OH excluding ortho intramolecular Hbond substituents is 1. The van der Waals surface area contributed by atoms with E-state index in [2.05, 4.69) is 89.2 Å². The molecule has 1 fully saturated rings. The molecule has 0 bridgehead atoms. The lowest BCUT2D eigenvalue weighted by molar-refractivity contribution is 0.0645. The summed E-state index contributed by atoms with van der Waals surface area (Å²) < 4.78 is 6.07. The van der Waals surface area contributed by atoms with Crippen molar-refractivity contribution < 1.29 is 9.52 Å². The van der Waals surface area contributed by atoms with Gasteiger partial charge in [-0.15, -0.1) is 0 Å². The van der Waals surface area contributed by atoms with E-state index in [4.69, 9.17) is 4.42 Å². The molecule has 0 unspecified atom stereocenters. The molecule has 2 aliphatic rings. The van der Waals surface area contributed by atoms with Crippen LogP contribution in [0.3, 0.4) is 0 Å². The summed E-state index contributed by atoms with van der Waals surface area (Å²) in [6.07, 6.45) is 5.21. The second-order valence-corrected chi connectivity index (χ2v) is 13.2. The average Bonchev–Trinajstić information content (AvgIpc) is 3.35. The number of benzene rings is 4. The first-order valence-electron chi connectivity index (χ1n) is 13.5. The third kappa shape index (κ3) is 3.18. The first-order valence-corrected chi connectivity index (χ1v) is 13.5. The second-order valence-electron chi connectivity index (χ2n) is 13.2. The number of hydrogen-bond acceptors (Lipinski definition) is 2. The number of aryl methyl sites for hydroxylation is 1. The van der Waals surface area contributed by atoms with E-state index >= 15 is 0 Å². The molecular formula is C35H34O2. The van der Waals surface area contributed by atoms with Gasteiger partial charge in [-0.1, -0.05) is 76.2 Å². The van der Waals surface area contributed by atoms with Crippen LogP contribution in [0.15, 0.2) is 77.4 Å². The summed E-state index contributed by atoms with van der Waals surface area (Å²) in [7, 11) is 0. The van der Waals surface area contributed by atoms with Crippen molar-refractivity contribution in [2.75, 3.05) is 0 Å². The monoisotopic (exact) mass is 486 g/mol. The van der Waals surface area contributed by atoms with Gasteiger partial charge in [0.15, 0.2) is 0 Å². The minimum absolute atomic E-state index is 0.0906. The lowest BCUT2D eigenvalue weighted by Gasteiger charge is -2.51. The number of furan rings is 1. The largest absolute Gasteiger partial charge is 0.507 e. The molecule has 4 aromatic carbocycles. The summed E-state index contributed by atoms with van der Waals surface area (Å²) in [6, 6.07) is 23.7. The van der Waals surface area contributed by atoms with Crippen molar-refractivity contribution in [1.82, 2.24) is 0 Å². The smallest absolute Gasteiger partial charge is 0.141 e. The fourth-order valence-corrected chi connectivity index (χ4v) is 8.43. The van der Waals surface area contributed by atoms with Crippen LogP contribution in [0.25, 0.3) is 44.0 Å². The van der Waals surface area contributed by atoms with Crippen LogP contribution in [-0.2, 0) is 5.41 Å². The van der Waals surface area contributed by atoms with Gasteiger partial charge in [-0.2, -0.15) is 0 Å². The van der Waals surface area contributed by atoms with Crippen molar-refractivity contribution in [3.63, 3.8) is 0 Å². The van der Waals surface area contributed by atoms with E-state index < -0.39 is 0 Å². The maximum absolute atomic E-state index is 11.6. The summed E-state index contributed by atoms with van der Waals surface area (Å²) in [5.74, 6) is 1.22. The molecule has 1 heterocycles. The first kappa shape index (κ1) is 22.7. The van der Waals surface area contributed by atoms with E-state index in [9.17, 15) is 5.11 Å². The van der Waals surface area contributed by atoms with E-state index in [1.165, 1.54) is 28.7 Å². The van der Waals surface area contributed by atoms with E-state index in [-0.39, 0.29) is 16.2 Å². The minimum atomic E-state index is -0.0906. The maximum atomic E-state index is 11.6. The Morgan fingerprint density at radius 1 is 0.703 bits per heavy atom. The number of rotatable bonds is 1. The van der Waals surface area contributed by atoms with Gasteiger partial charge in [0.05, 0.1) is 6.26 Å². The van der Waals surface area contributed by atoms with Crippen LogP contribution in [0.1, 0.15) is 63.6 Å². The summed E-state index contributed by atoms with van der Waals surface area (Å²) in [5.41, 5.74) is 7.87. The third-order valence-electron chi connectivity index (χ3n) is 8.96. The Kier molecular flexibility index (Phi) is 4.46. The number of phenols is 1. The molecule has 0 atom stereocenters. The van der Waals surface area contributed by atoms with Gasteiger partial charge in [0, 0.05) is 27.1 Å². The van der Waals surface area contributed by atoms with Crippen molar-refractivity contribution >= 4 is 21.5 Å². The molecule has 1 saturated carbocycles. The summed E-state index contributed by atoms with van der Waals surface area (Å²) >= 11 is 0. The van der Waals surface area contributed by atoms with Gasteiger partial charge in [-0.25, -0.2) is 0 Å². The third-order valence-corrected chi connectivity index (χ3v) is 8.96. The Hall–Kier alpha value is -3.52. The molecule has 0 radical (unpaired) electrons. The van der Waals surface area contributed by atoms with Crippen LogP contribution >= 0.6 is 0 Å². The molecule has 1 N–H and O–H groups in total. The van der Waals surface area contributed by atoms with Crippen LogP contribution in [0, 0.1) is 17.8 Å². The Labute approximate surface area is 219 Å². The van der Waals surface area contributed by atoms with Gasteiger partial charge in [0.1, 0.15) is 11.5 Å². The molecule has 2 nitrogen and oxygen atoms in total. The lowest BCUT2D eigenvalue weighted by atomic mass is 9.52. The Balaban J connectivity index is 1.53. The number of hydrogen-bond donors (Lipinski definition) is 1. The molecule has 7 rings (SSSR count). The van der Waals surface area contributed by atoms with Gasteiger partial charge in [-0.05, 0) is 88.4 Å². The zero-order valence-corrected chi connectivity index (χ0v) is 22.4. The van der Waals surface area contributed by atoms with Crippen LogP contribution in [0.4, 0.5) is 0 Å². The van der Waals surface area contributed by atoms with Gasteiger partial charge in [-0.3, -0.25) is 0 Å². The topological polar surface area (TPSA) is 33.4 Å². The van der Waals surface area contributed by atoms with E-state index in [1.807, 2.05) is 18.4 Å². The summed E-state index contributed by atoms with van der Waals surface area (Å²) in [5, 5.41) is 15.8. The van der Waals surface area contributed by atoms with Crippen molar-refractivity contribution in [1.29, 1.82) is 0 Å². The lowest BCUT2D eigenvalue weighted by Crippen LogP contribution is -2.43. The highest BCUT2D eigenvalue weighted by atomic mass is 16.3. The van der Waals surface area contributed by atoms with Crippen molar-refractivity contribution in [3.8, 4) is 28.2 Å². The van der Waals surface area contributed by atoms with E-state index in [1.54, 1.807) is 0 Å². The molecule has 1 spiro atoms. The Morgan fingerprint density at radius 2 is 1.41 bits per heavy atom. The highest BCUT2D eigenvalue weighted by Gasteiger charge is 2.53. The predicted molar refractivity (Wildman–Crippen MR) is 153 cm³/mol. The fraction of sp³-hybridized carbons (Fsp3) is 0.314. The molecule has 37 heavy (non-hydrogen) atoms. The predicted octanol–water partition coefficient (Wildman–Crippen LogP) is 9.77. The second kappa shape index (κ2) is 7.28. The SMILES string of the molecule is Cc1cc2c3c(cc(O)c2cc1-c1occ2ccccc12)C1(CC(C)(C)CC(C)(C)C1)c1ccccc1-3. The summed E-state index contributed by atoms with van der Waals surface area (Å²) in [4.78, 5) is 0. The highest BCUT2D eigenvalue weighted by molar-refractivity contribution is 6.08. The molecule has 2 aliphatic carbocycles. The van der Waals surface area contributed by atoms with E-state index in [0.29, 0.717) is 5.75 Å². The van der Waals surface area contributed by atoms with Gasteiger partial charge in [0.25, 0.3) is 0 Å².